The highest BCUT2D eigenvalue weighted by molar-refractivity contribution is 5.83. The maximum absolute atomic E-state index is 12.5. The van der Waals surface area contributed by atoms with Crippen LogP contribution in [0.15, 0.2) is 152 Å². The van der Waals surface area contributed by atoms with Crippen molar-refractivity contribution in [1.82, 2.24) is 0 Å². The predicted molar refractivity (Wildman–Crippen MR) is 183 cm³/mol. The Labute approximate surface area is 275 Å². The van der Waals surface area contributed by atoms with Crippen LogP contribution in [0, 0.1) is 0 Å². The number of carbonyl (C=O) groups is 2. The first-order valence-electron chi connectivity index (χ1n) is 15.8. The van der Waals surface area contributed by atoms with Crippen LogP contribution in [0.1, 0.15) is 30.4 Å². The van der Waals surface area contributed by atoms with Crippen molar-refractivity contribution < 1.29 is 28.5 Å². The number of rotatable bonds is 11. The molecule has 1 aliphatic rings. The first-order chi connectivity index (χ1) is 23.1. The summed E-state index contributed by atoms with van der Waals surface area (Å²) in [5.74, 6) is -0.0397. The molecule has 6 rings (SSSR count). The SMILES string of the molecule is O=C(CC[N+]1=CC=C(c2cc[n+](OC(=O)CCc3ccc(-c4ccccc4)cc3)cc2)CC=C1)Oc1ccc(-c2ccccc2)cc1. The van der Waals surface area contributed by atoms with Gasteiger partial charge in [-0.2, -0.15) is 4.84 Å². The number of pyridine rings is 1. The Morgan fingerprint density at radius 3 is 1.85 bits per heavy atom. The summed E-state index contributed by atoms with van der Waals surface area (Å²) in [6.07, 6.45) is 13.4. The Kier molecular flexibility index (Phi) is 10.2. The maximum Gasteiger partial charge on any atom is 0.380 e. The summed E-state index contributed by atoms with van der Waals surface area (Å²) < 4.78 is 8.97. The van der Waals surface area contributed by atoms with E-state index in [0.717, 1.165) is 39.8 Å². The van der Waals surface area contributed by atoms with Crippen LogP contribution in [0.25, 0.3) is 27.8 Å². The van der Waals surface area contributed by atoms with Gasteiger partial charge in [0.25, 0.3) is 0 Å². The second-order valence-corrected chi connectivity index (χ2v) is 11.3. The van der Waals surface area contributed by atoms with Crippen LogP contribution in [-0.2, 0) is 16.0 Å². The van der Waals surface area contributed by atoms with E-state index in [1.54, 1.807) is 12.4 Å². The van der Waals surface area contributed by atoms with Crippen molar-refractivity contribution in [3.8, 4) is 28.0 Å². The largest absolute Gasteiger partial charge is 0.426 e. The van der Waals surface area contributed by atoms with Crippen molar-refractivity contribution in [2.24, 2.45) is 0 Å². The van der Waals surface area contributed by atoms with Gasteiger partial charge in [-0.05, 0) is 70.0 Å². The van der Waals surface area contributed by atoms with Crippen LogP contribution >= 0.6 is 0 Å². The fourth-order valence-corrected chi connectivity index (χ4v) is 5.32. The number of hydrogen-bond donors (Lipinski definition) is 0. The van der Waals surface area contributed by atoms with Crippen molar-refractivity contribution in [3.05, 3.63) is 163 Å². The van der Waals surface area contributed by atoms with E-state index in [1.165, 1.54) is 10.3 Å². The van der Waals surface area contributed by atoms with Crippen LogP contribution in [-0.4, -0.2) is 29.3 Å². The summed E-state index contributed by atoms with van der Waals surface area (Å²) in [5.41, 5.74) is 7.74. The molecular weight excluding hydrogens is 584 g/mol. The fraction of sp³-hybridized carbons (Fsp3) is 0.122. The van der Waals surface area contributed by atoms with Gasteiger partial charge in [0.05, 0.1) is 6.42 Å². The number of carbonyl (C=O) groups excluding carboxylic acids is 2. The van der Waals surface area contributed by atoms with E-state index >= 15 is 0 Å². The van der Waals surface area contributed by atoms with Crippen molar-refractivity contribution >= 4 is 23.7 Å². The molecule has 232 valence electrons. The van der Waals surface area contributed by atoms with Crippen LogP contribution < -0.4 is 14.3 Å². The molecule has 0 spiro atoms. The number of aryl methyl sites for hydroxylation is 1. The maximum atomic E-state index is 12.5. The Morgan fingerprint density at radius 2 is 1.21 bits per heavy atom. The van der Waals surface area contributed by atoms with Crippen LogP contribution in [0.3, 0.4) is 0 Å². The zero-order valence-corrected chi connectivity index (χ0v) is 26.1. The van der Waals surface area contributed by atoms with Crippen molar-refractivity contribution in [3.63, 3.8) is 0 Å². The molecule has 2 heterocycles. The standard InChI is InChI=1S/C41H36N2O4/c44-40(46-39-20-18-37(19-21-39)34-10-5-2-6-11-34)26-29-42-27-7-12-35(23-28-42)38-24-30-43(31-25-38)47-41(45)22-15-32-13-16-36(17-14-32)33-8-3-1-4-9-33/h1-11,13-14,16-21,23-25,27-28,30-31H,12,15,22,26,29H2/q+2. The topological polar surface area (TPSA) is 59.5 Å². The molecule has 0 unspecified atom stereocenters. The lowest BCUT2D eigenvalue weighted by molar-refractivity contribution is -0.869. The Bertz CT molecular complexity index is 1890. The molecule has 0 bridgehead atoms. The number of hydrogen-bond acceptors (Lipinski definition) is 4. The molecule has 6 nitrogen and oxygen atoms in total. The zero-order chi connectivity index (χ0) is 32.3. The molecule has 0 amide bonds. The highest BCUT2D eigenvalue weighted by atomic mass is 16.7. The highest BCUT2D eigenvalue weighted by Gasteiger charge is 2.15. The highest BCUT2D eigenvalue weighted by Crippen LogP contribution is 2.23. The van der Waals surface area contributed by atoms with E-state index in [2.05, 4.69) is 42.5 Å². The Hall–Kier alpha value is -5.88. The molecule has 0 fully saturated rings. The first kappa shape index (κ1) is 31.1. The molecule has 47 heavy (non-hydrogen) atoms. The van der Waals surface area contributed by atoms with E-state index in [-0.39, 0.29) is 24.8 Å². The molecule has 0 saturated heterocycles. The number of nitrogens with zero attached hydrogens (tertiary/aromatic N) is 2. The minimum atomic E-state index is -0.293. The van der Waals surface area contributed by atoms with E-state index in [9.17, 15) is 9.59 Å². The van der Waals surface area contributed by atoms with Crippen molar-refractivity contribution in [2.45, 2.75) is 25.7 Å². The summed E-state index contributed by atoms with van der Waals surface area (Å²) >= 11 is 0. The fourth-order valence-electron chi connectivity index (χ4n) is 5.32. The van der Waals surface area contributed by atoms with E-state index in [0.29, 0.717) is 18.7 Å². The summed E-state index contributed by atoms with van der Waals surface area (Å²) in [6, 6.07) is 40.0. The summed E-state index contributed by atoms with van der Waals surface area (Å²) in [7, 11) is 0. The summed E-state index contributed by atoms with van der Waals surface area (Å²) in [6.45, 7) is 0.503. The smallest absolute Gasteiger partial charge is 0.380 e. The lowest BCUT2D eigenvalue weighted by atomic mass is 10.0. The van der Waals surface area contributed by atoms with Gasteiger partial charge in [0.15, 0.2) is 19.0 Å². The molecular formula is C41H36N2O4+2. The molecule has 0 radical (unpaired) electrons. The number of ether oxygens (including phenoxy) is 1. The normalized spacial score (nSPS) is 12.4. The first-order valence-corrected chi connectivity index (χ1v) is 15.8. The van der Waals surface area contributed by atoms with E-state index in [1.807, 2.05) is 108 Å². The lowest BCUT2D eigenvalue weighted by Gasteiger charge is -2.05. The number of aromatic nitrogens is 1. The third-order valence-electron chi connectivity index (χ3n) is 7.93. The molecule has 1 aromatic heterocycles. The van der Waals surface area contributed by atoms with Gasteiger partial charge in [-0.1, -0.05) is 97.1 Å². The second kappa shape index (κ2) is 15.4. The van der Waals surface area contributed by atoms with Gasteiger partial charge in [0.2, 0.25) is 12.4 Å². The molecule has 5 aromatic rings. The van der Waals surface area contributed by atoms with Crippen molar-refractivity contribution in [2.75, 3.05) is 6.54 Å². The molecule has 0 saturated carbocycles. The minimum absolute atomic E-state index is 0.250. The molecule has 6 heteroatoms. The summed E-state index contributed by atoms with van der Waals surface area (Å²) in [5, 5.41) is 0. The van der Waals surface area contributed by atoms with Gasteiger partial charge in [-0.25, -0.2) is 9.37 Å². The Balaban J connectivity index is 0.958. The monoisotopic (exact) mass is 620 g/mol. The number of esters is 1. The van der Waals surface area contributed by atoms with Gasteiger partial charge in [-0.15, -0.1) is 0 Å². The quantitative estimate of drug-likeness (QED) is 0.0885. The third-order valence-corrected chi connectivity index (χ3v) is 7.93. The molecule has 1 aliphatic heterocycles. The zero-order valence-electron chi connectivity index (χ0n) is 26.1. The average molecular weight is 621 g/mol. The minimum Gasteiger partial charge on any atom is -0.426 e. The number of allylic oxidation sites excluding steroid dienone is 3. The molecule has 0 atom stereocenters. The summed E-state index contributed by atoms with van der Waals surface area (Å²) in [4.78, 5) is 30.6. The van der Waals surface area contributed by atoms with Crippen LogP contribution in [0.4, 0.5) is 0 Å². The van der Waals surface area contributed by atoms with Crippen molar-refractivity contribution in [1.29, 1.82) is 0 Å². The third kappa shape index (κ3) is 8.86. The molecule has 4 aromatic carbocycles. The molecule has 0 N–H and O–H groups in total. The predicted octanol–water partition coefficient (Wildman–Crippen LogP) is 7.28. The van der Waals surface area contributed by atoms with Gasteiger partial charge in [0, 0.05) is 22.9 Å². The van der Waals surface area contributed by atoms with E-state index < -0.39 is 0 Å². The average Bonchev–Trinajstić information content (AvgIpc) is 3.37. The van der Waals surface area contributed by atoms with Gasteiger partial charge >= 0.3 is 11.9 Å². The van der Waals surface area contributed by atoms with Gasteiger partial charge in [0.1, 0.15) is 12.2 Å². The van der Waals surface area contributed by atoms with Gasteiger partial charge < -0.3 is 4.74 Å². The second-order valence-electron chi connectivity index (χ2n) is 11.3. The molecule has 0 aliphatic carbocycles. The van der Waals surface area contributed by atoms with E-state index in [4.69, 9.17) is 9.57 Å². The number of benzene rings is 4. The lowest BCUT2D eigenvalue weighted by Crippen LogP contribution is -2.45. The Morgan fingerprint density at radius 1 is 0.617 bits per heavy atom. The van der Waals surface area contributed by atoms with Gasteiger partial charge in [-0.3, -0.25) is 4.79 Å². The van der Waals surface area contributed by atoms with Crippen LogP contribution in [0.5, 0.6) is 5.75 Å². The van der Waals surface area contributed by atoms with Crippen LogP contribution in [0.2, 0.25) is 0 Å².